The van der Waals surface area contributed by atoms with E-state index in [2.05, 4.69) is 10.3 Å². The normalized spacial score (nSPS) is 10.5. The predicted octanol–water partition coefficient (Wildman–Crippen LogP) is 3.64. The second-order valence-corrected chi connectivity index (χ2v) is 5.64. The molecule has 0 saturated heterocycles. The zero-order valence-corrected chi connectivity index (χ0v) is 14.7. The first-order valence-corrected chi connectivity index (χ1v) is 8.37. The molecular formula is C21H17N3O4. The molecule has 7 heteroatoms. The standard InChI is InChI=1S/C21H17N3O4/c25-20(24-27)12-11-15-6-1-3-9-18(15)23-21(26)17-8-2-4-10-19(17)28-16-7-5-13-22-14-16/h1-14,27H,(H,23,26)(H,24,25). The lowest BCUT2D eigenvalue weighted by Gasteiger charge is -2.12. The second kappa shape index (κ2) is 9.11. The van der Waals surface area contributed by atoms with Gasteiger partial charge in [-0.2, -0.15) is 0 Å². The summed E-state index contributed by atoms with van der Waals surface area (Å²) in [5.74, 6) is -0.134. The van der Waals surface area contributed by atoms with Gasteiger partial charge in [-0.25, -0.2) is 5.48 Å². The zero-order valence-electron chi connectivity index (χ0n) is 14.7. The van der Waals surface area contributed by atoms with E-state index in [0.717, 1.165) is 6.08 Å². The van der Waals surface area contributed by atoms with Gasteiger partial charge >= 0.3 is 0 Å². The third-order valence-electron chi connectivity index (χ3n) is 3.73. The minimum atomic E-state index is -0.670. The predicted molar refractivity (Wildman–Crippen MR) is 104 cm³/mol. The number of nitrogens with zero attached hydrogens (tertiary/aromatic N) is 1. The molecule has 0 fully saturated rings. The number of hydrogen-bond acceptors (Lipinski definition) is 5. The van der Waals surface area contributed by atoms with Crippen LogP contribution in [0.25, 0.3) is 6.08 Å². The number of aromatic nitrogens is 1. The molecule has 3 N–H and O–H groups in total. The van der Waals surface area contributed by atoms with Crippen LogP contribution in [0.4, 0.5) is 5.69 Å². The largest absolute Gasteiger partial charge is 0.455 e. The van der Waals surface area contributed by atoms with Gasteiger partial charge in [0, 0.05) is 18.0 Å². The molecule has 0 bridgehead atoms. The van der Waals surface area contributed by atoms with Crippen LogP contribution in [0.1, 0.15) is 15.9 Å². The van der Waals surface area contributed by atoms with E-state index in [1.165, 1.54) is 11.6 Å². The fourth-order valence-electron chi connectivity index (χ4n) is 2.43. The van der Waals surface area contributed by atoms with Crippen LogP contribution in [-0.2, 0) is 4.79 Å². The van der Waals surface area contributed by atoms with Crippen molar-refractivity contribution < 1.29 is 19.5 Å². The van der Waals surface area contributed by atoms with Crippen molar-refractivity contribution in [3.05, 3.63) is 90.3 Å². The molecule has 0 atom stereocenters. The lowest BCUT2D eigenvalue weighted by atomic mass is 10.1. The first kappa shape index (κ1) is 18.8. The maximum atomic E-state index is 12.8. The number of benzene rings is 2. The molecule has 28 heavy (non-hydrogen) atoms. The number of amides is 2. The van der Waals surface area contributed by atoms with E-state index in [1.54, 1.807) is 73.1 Å². The average molecular weight is 375 g/mol. The van der Waals surface area contributed by atoms with Crippen molar-refractivity contribution in [1.29, 1.82) is 0 Å². The Hall–Kier alpha value is -3.97. The SMILES string of the molecule is O=C(C=Cc1ccccc1NC(=O)c1ccccc1Oc1cccnc1)NO. The highest BCUT2D eigenvalue weighted by atomic mass is 16.5. The molecule has 140 valence electrons. The highest BCUT2D eigenvalue weighted by Gasteiger charge is 2.14. The Bertz CT molecular complexity index is 1000. The Balaban J connectivity index is 1.83. The average Bonchev–Trinajstić information content (AvgIpc) is 2.74. The Kier molecular flexibility index (Phi) is 6.12. The first-order valence-electron chi connectivity index (χ1n) is 8.37. The van der Waals surface area contributed by atoms with Gasteiger partial charge in [0.2, 0.25) is 0 Å². The van der Waals surface area contributed by atoms with Crippen molar-refractivity contribution in [3.63, 3.8) is 0 Å². The van der Waals surface area contributed by atoms with Gasteiger partial charge in [-0.3, -0.25) is 19.8 Å². The Morgan fingerprint density at radius 1 is 1.00 bits per heavy atom. The van der Waals surface area contributed by atoms with Crippen molar-refractivity contribution in [2.45, 2.75) is 0 Å². The highest BCUT2D eigenvalue weighted by molar-refractivity contribution is 6.07. The van der Waals surface area contributed by atoms with Crippen LogP contribution in [0.2, 0.25) is 0 Å². The molecule has 3 rings (SSSR count). The van der Waals surface area contributed by atoms with Gasteiger partial charge in [0.1, 0.15) is 11.5 Å². The van der Waals surface area contributed by atoms with Crippen molar-refractivity contribution in [3.8, 4) is 11.5 Å². The van der Waals surface area contributed by atoms with Gasteiger partial charge in [0.05, 0.1) is 11.8 Å². The summed E-state index contributed by atoms with van der Waals surface area (Å²) in [4.78, 5) is 28.0. The first-order chi connectivity index (χ1) is 13.7. The monoisotopic (exact) mass is 375 g/mol. The summed E-state index contributed by atoms with van der Waals surface area (Å²) in [6, 6.07) is 17.3. The topological polar surface area (TPSA) is 101 Å². The van der Waals surface area contributed by atoms with Crippen molar-refractivity contribution >= 4 is 23.6 Å². The van der Waals surface area contributed by atoms with Gasteiger partial charge in [-0.05, 0) is 42.0 Å². The number of carbonyl (C=O) groups excluding carboxylic acids is 2. The van der Waals surface area contributed by atoms with Gasteiger partial charge in [0.15, 0.2) is 0 Å². The lowest BCUT2D eigenvalue weighted by Crippen LogP contribution is -2.15. The van der Waals surface area contributed by atoms with Gasteiger partial charge in [-0.15, -0.1) is 0 Å². The van der Waals surface area contributed by atoms with Crippen LogP contribution in [0.15, 0.2) is 79.1 Å². The molecule has 0 saturated carbocycles. The van der Waals surface area contributed by atoms with Crippen LogP contribution in [0.5, 0.6) is 11.5 Å². The molecule has 2 aromatic carbocycles. The van der Waals surface area contributed by atoms with Crippen molar-refractivity contribution in [2.24, 2.45) is 0 Å². The molecule has 0 aliphatic carbocycles. The van der Waals surface area contributed by atoms with E-state index < -0.39 is 5.91 Å². The number of para-hydroxylation sites is 2. The summed E-state index contributed by atoms with van der Waals surface area (Å²) in [6.07, 6.45) is 5.83. The van der Waals surface area contributed by atoms with Crippen LogP contribution >= 0.6 is 0 Å². The number of rotatable bonds is 6. The summed E-state index contributed by atoms with van der Waals surface area (Å²) in [7, 11) is 0. The molecule has 1 aromatic heterocycles. The Morgan fingerprint density at radius 2 is 1.79 bits per heavy atom. The third kappa shape index (κ3) is 4.80. The number of hydroxylamine groups is 1. The van der Waals surface area contributed by atoms with Crippen LogP contribution in [-0.4, -0.2) is 22.0 Å². The molecular weight excluding hydrogens is 358 g/mol. The Morgan fingerprint density at radius 3 is 2.57 bits per heavy atom. The number of nitrogens with one attached hydrogen (secondary N) is 2. The van der Waals surface area contributed by atoms with Crippen molar-refractivity contribution in [1.82, 2.24) is 10.5 Å². The molecule has 0 unspecified atom stereocenters. The second-order valence-electron chi connectivity index (χ2n) is 5.64. The van der Waals surface area contributed by atoms with E-state index in [-0.39, 0.29) is 5.91 Å². The zero-order chi connectivity index (χ0) is 19.8. The number of pyridine rings is 1. The maximum Gasteiger partial charge on any atom is 0.267 e. The van der Waals surface area contributed by atoms with E-state index in [1.807, 2.05) is 0 Å². The Labute approximate surface area is 161 Å². The molecule has 0 radical (unpaired) electrons. The van der Waals surface area contributed by atoms with Gasteiger partial charge < -0.3 is 10.1 Å². The molecule has 3 aromatic rings. The molecule has 0 aliphatic heterocycles. The number of ether oxygens (including phenoxy) is 1. The van der Waals surface area contributed by atoms with Gasteiger partial charge in [-0.1, -0.05) is 30.3 Å². The summed E-state index contributed by atoms with van der Waals surface area (Å²) in [5.41, 5.74) is 2.97. The molecule has 7 nitrogen and oxygen atoms in total. The lowest BCUT2D eigenvalue weighted by molar-refractivity contribution is -0.124. The summed E-state index contributed by atoms with van der Waals surface area (Å²) in [6.45, 7) is 0. The highest BCUT2D eigenvalue weighted by Crippen LogP contribution is 2.26. The fraction of sp³-hybridized carbons (Fsp3) is 0. The summed E-state index contributed by atoms with van der Waals surface area (Å²) >= 11 is 0. The van der Waals surface area contributed by atoms with E-state index in [9.17, 15) is 9.59 Å². The number of carbonyl (C=O) groups is 2. The fourth-order valence-corrected chi connectivity index (χ4v) is 2.43. The van der Waals surface area contributed by atoms with E-state index in [0.29, 0.717) is 28.3 Å². The molecule has 2 amide bonds. The van der Waals surface area contributed by atoms with E-state index >= 15 is 0 Å². The number of anilines is 1. The van der Waals surface area contributed by atoms with E-state index in [4.69, 9.17) is 9.94 Å². The van der Waals surface area contributed by atoms with Crippen molar-refractivity contribution in [2.75, 3.05) is 5.32 Å². The number of hydrogen-bond donors (Lipinski definition) is 3. The van der Waals surface area contributed by atoms with Crippen LogP contribution in [0, 0.1) is 0 Å². The smallest absolute Gasteiger partial charge is 0.267 e. The molecule has 0 spiro atoms. The van der Waals surface area contributed by atoms with Gasteiger partial charge in [0.25, 0.3) is 11.8 Å². The summed E-state index contributed by atoms with van der Waals surface area (Å²) < 4.78 is 5.77. The minimum Gasteiger partial charge on any atom is -0.455 e. The van der Waals surface area contributed by atoms with Crippen LogP contribution in [0.3, 0.4) is 0 Å². The molecule has 1 heterocycles. The maximum absolute atomic E-state index is 12.8. The molecule has 0 aliphatic rings. The summed E-state index contributed by atoms with van der Waals surface area (Å²) in [5, 5.41) is 11.4. The quantitative estimate of drug-likeness (QED) is 0.347. The minimum absolute atomic E-state index is 0.346. The van der Waals surface area contributed by atoms with Crippen LogP contribution < -0.4 is 15.5 Å². The third-order valence-corrected chi connectivity index (χ3v) is 3.73.